The van der Waals surface area contributed by atoms with Crippen LogP contribution in [0.1, 0.15) is 56.2 Å². The Balaban J connectivity index is 1.80. The van der Waals surface area contributed by atoms with Gasteiger partial charge in [0.25, 0.3) is 0 Å². The maximum Gasteiger partial charge on any atom is 0.331 e. The fraction of sp³-hybridized carbons (Fsp3) is 0.346. The molecule has 0 fully saturated rings. The van der Waals surface area contributed by atoms with E-state index in [9.17, 15) is 9.59 Å². The number of Topliss-reactive ketones (excluding diaryl/α,β-unsaturated/α-hetero) is 1. The first kappa shape index (κ1) is 21.0. The molecule has 1 N–H and O–H groups in total. The van der Waals surface area contributed by atoms with E-state index in [1.165, 1.54) is 0 Å². The standard InChI is InChI=1S/C26H28N3O2/c1-16-10-11-27-23(12-16)28-25(31)29-18(3)13-20(19-9-7-6-8-17(19)2)24-21(29)14-26(4,5)15-22(24)30/h6-12,20H,14-15H2,1-5H3,(H,27,28,31). The van der Waals surface area contributed by atoms with Gasteiger partial charge < -0.3 is 0 Å². The van der Waals surface area contributed by atoms with Gasteiger partial charge in [-0.3, -0.25) is 15.0 Å². The minimum atomic E-state index is -0.315. The van der Waals surface area contributed by atoms with E-state index in [0.717, 1.165) is 22.4 Å². The van der Waals surface area contributed by atoms with Crippen molar-refractivity contribution in [1.29, 1.82) is 0 Å². The van der Waals surface area contributed by atoms with E-state index in [2.05, 4.69) is 30.2 Å². The van der Waals surface area contributed by atoms with Crippen molar-refractivity contribution in [1.82, 2.24) is 9.88 Å². The zero-order valence-electron chi connectivity index (χ0n) is 18.7. The Hall–Kier alpha value is -3.21. The number of hydrogen-bond donors (Lipinski definition) is 1. The van der Waals surface area contributed by atoms with Crippen molar-refractivity contribution in [3.8, 4) is 0 Å². The molecule has 4 rings (SSSR count). The van der Waals surface area contributed by atoms with Crippen molar-refractivity contribution in [3.05, 3.63) is 82.3 Å². The average molecular weight is 415 g/mol. The largest absolute Gasteiger partial charge is 0.331 e. The van der Waals surface area contributed by atoms with Gasteiger partial charge in [0.2, 0.25) is 0 Å². The highest BCUT2D eigenvalue weighted by atomic mass is 16.2. The molecule has 0 saturated carbocycles. The fourth-order valence-corrected chi connectivity index (χ4v) is 4.57. The summed E-state index contributed by atoms with van der Waals surface area (Å²) in [5.41, 5.74) is 5.12. The third-order valence-corrected chi connectivity index (χ3v) is 6.00. The van der Waals surface area contributed by atoms with Crippen LogP contribution in [0.4, 0.5) is 10.6 Å². The van der Waals surface area contributed by atoms with Crippen molar-refractivity contribution >= 4 is 17.6 Å². The second kappa shape index (κ2) is 7.80. The quantitative estimate of drug-likeness (QED) is 0.688. The van der Waals surface area contributed by atoms with Crippen molar-refractivity contribution in [3.63, 3.8) is 0 Å². The maximum absolute atomic E-state index is 13.3. The number of ketones is 1. The second-order valence-corrected chi connectivity index (χ2v) is 9.30. The van der Waals surface area contributed by atoms with Gasteiger partial charge in [-0.1, -0.05) is 38.1 Å². The lowest BCUT2D eigenvalue weighted by molar-refractivity contribution is -0.118. The molecule has 1 aliphatic heterocycles. The summed E-state index contributed by atoms with van der Waals surface area (Å²) < 4.78 is 0. The Kier molecular flexibility index (Phi) is 5.29. The van der Waals surface area contributed by atoms with E-state index in [-0.39, 0.29) is 23.1 Å². The number of amides is 2. The molecule has 2 aromatic rings. The number of pyridine rings is 1. The molecule has 2 aliphatic rings. The summed E-state index contributed by atoms with van der Waals surface area (Å²) in [6, 6.07) is 11.5. The summed E-state index contributed by atoms with van der Waals surface area (Å²) in [6.07, 6.45) is 6.22. The van der Waals surface area contributed by atoms with Crippen LogP contribution in [-0.2, 0) is 4.79 Å². The number of aromatic nitrogens is 1. The topological polar surface area (TPSA) is 62.3 Å². The third-order valence-electron chi connectivity index (χ3n) is 6.00. The number of nitrogens with zero attached hydrogens (tertiary/aromatic N) is 2. The second-order valence-electron chi connectivity index (χ2n) is 9.30. The lowest BCUT2D eigenvalue weighted by Crippen LogP contribution is -2.42. The Morgan fingerprint density at radius 1 is 1.16 bits per heavy atom. The van der Waals surface area contributed by atoms with Gasteiger partial charge in [-0.25, -0.2) is 9.78 Å². The monoisotopic (exact) mass is 414 g/mol. The molecule has 1 aliphatic carbocycles. The number of anilines is 1. The molecule has 1 aromatic heterocycles. The molecular weight excluding hydrogens is 386 g/mol. The number of aryl methyl sites for hydroxylation is 2. The number of rotatable bonds is 2. The molecule has 1 radical (unpaired) electrons. The normalized spacial score (nSPS) is 20.3. The van der Waals surface area contributed by atoms with E-state index >= 15 is 0 Å². The zero-order chi connectivity index (χ0) is 22.3. The molecule has 1 unspecified atom stereocenters. The van der Waals surface area contributed by atoms with Crippen molar-refractivity contribution in [2.24, 2.45) is 5.41 Å². The number of carbonyl (C=O) groups is 2. The van der Waals surface area contributed by atoms with Crippen LogP contribution in [0.2, 0.25) is 0 Å². The summed E-state index contributed by atoms with van der Waals surface area (Å²) >= 11 is 0. The average Bonchev–Trinajstić information content (AvgIpc) is 2.66. The minimum Gasteiger partial charge on any atom is -0.294 e. The highest BCUT2D eigenvalue weighted by Gasteiger charge is 2.42. The number of urea groups is 1. The van der Waals surface area contributed by atoms with E-state index in [4.69, 9.17) is 0 Å². The molecule has 5 nitrogen and oxygen atoms in total. The molecule has 1 atom stereocenters. The molecule has 0 saturated heterocycles. The number of allylic oxidation sites excluding steroid dienone is 4. The van der Waals surface area contributed by atoms with Crippen molar-refractivity contribution < 1.29 is 9.59 Å². The van der Waals surface area contributed by atoms with Crippen molar-refractivity contribution in [2.45, 2.75) is 53.4 Å². The van der Waals surface area contributed by atoms with Gasteiger partial charge >= 0.3 is 6.03 Å². The van der Waals surface area contributed by atoms with Gasteiger partial charge in [-0.15, -0.1) is 0 Å². The van der Waals surface area contributed by atoms with Gasteiger partial charge in [0.1, 0.15) is 5.82 Å². The lowest BCUT2D eigenvalue weighted by atomic mass is 9.70. The predicted molar refractivity (Wildman–Crippen MR) is 121 cm³/mol. The molecule has 2 amide bonds. The zero-order valence-corrected chi connectivity index (χ0v) is 18.7. The van der Waals surface area contributed by atoms with Gasteiger partial charge in [-0.2, -0.15) is 0 Å². The van der Waals surface area contributed by atoms with Gasteiger partial charge in [0.05, 0.1) is 0 Å². The van der Waals surface area contributed by atoms with Gasteiger partial charge in [-0.05, 0) is 67.5 Å². The molecule has 31 heavy (non-hydrogen) atoms. The summed E-state index contributed by atoms with van der Waals surface area (Å²) in [5, 5.41) is 2.89. The summed E-state index contributed by atoms with van der Waals surface area (Å²) in [4.78, 5) is 32.5. The number of benzene rings is 1. The van der Waals surface area contributed by atoms with Crippen LogP contribution in [0.5, 0.6) is 0 Å². The Bertz CT molecular complexity index is 1130. The summed E-state index contributed by atoms with van der Waals surface area (Å²) in [5.74, 6) is 0.314. The first-order chi connectivity index (χ1) is 14.7. The highest BCUT2D eigenvalue weighted by molar-refractivity contribution is 6.01. The third kappa shape index (κ3) is 4.05. The molecule has 5 heteroatoms. The van der Waals surface area contributed by atoms with E-state index in [1.807, 2.05) is 57.2 Å². The van der Waals surface area contributed by atoms with E-state index in [1.54, 1.807) is 11.1 Å². The molecule has 1 aromatic carbocycles. The Morgan fingerprint density at radius 2 is 1.90 bits per heavy atom. The Morgan fingerprint density at radius 3 is 2.61 bits per heavy atom. The summed E-state index contributed by atoms with van der Waals surface area (Å²) in [6.45, 7) is 10.0. The van der Waals surface area contributed by atoms with Crippen LogP contribution in [0.15, 0.2) is 59.6 Å². The molecule has 2 heterocycles. The first-order valence-corrected chi connectivity index (χ1v) is 10.6. The Labute approximate surface area is 183 Å². The molecule has 0 spiro atoms. The number of carbonyl (C=O) groups excluding carboxylic acids is 2. The number of hydrogen-bond acceptors (Lipinski definition) is 3. The van der Waals surface area contributed by atoms with Crippen LogP contribution in [-0.4, -0.2) is 21.7 Å². The van der Waals surface area contributed by atoms with E-state index in [0.29, 0.717) is 29.9 Å². The minimum absolute atomic E-state index is 0.0889. The van der Waals surface area contributed by atoms with Crippen LogP contribution in [0.25, 0.3) is 0 Å². The first-order valence-electron chi connectivity index (χ1n) is 10.6. The molecule has 0 bridgehead atoms. The number of nitrogens with one attached hydrogen (secondary N) is 1. The summed E-state index contributed by atoms with van der Waals surface area (Å²) in [7, 11) is 0. The highest BCUT2D eigenvalue weighted by Crippen LogP contribution is 2.47. The van der Waals surface area contributed by atoms with Crippen LogP contribution in [0.3, 0.4) is 0 Å². The van der Waals surface area contributed by atoms with Gasteiger partial charge in [0, 0.05) is 35.5 Å². The molecular formula is C26H28N3O2. The van der Waals surface area contributed by atoms with Crippen LogP contribution < -0.4 is 5.32 Å². The van der Waals surface area contributed by atoms with Crippen molar-refractivity contribution in [2.75, 3.05) is 5.32 Å². The SMILES string of the molecule is CC1=[C]C(c2ccccc2C)C2=C(CC(C)(C)CC2=O)N1C(=O)Nc1cc(C)ccn1. The maximum atomic E-state index is 13.3. The van der Waals surface area contributed by atoms with E-state index < -0.39 is 0 Å². The fourth-order valence-electron chi connectivity index (χ4n) is 4.57. The molecule has 159 valence electrons. The van der Waals surface area contributed by atoms with Crippen LogP contribution >= 0.6 is 0 Å². The lowest BCUT2D eigenvalue weighted by Gasteiger charge is -2.42. The van der Waals surface area contributed by atoms with Gasteiger partial charge in [0.15, 0.2) is 5.78 Å². The predicted octanol–water partition coefficient (Wildman–Crippen LogP) is 5.68. The van der Waals surface area contributed by atoms with Crippen LogP contribution in [0, 0.1) is 25.3 Å². The smallest absolute Gasteiger partial charge is 0.294 e.